The number of carbonyl (C=O) groups excluding carboxylic acids is 1. The van der Waals surface area contributed by atoms with Crippen LogP contribution in [-0.4, -0.2) is 43.3 Å². The number of hydrogen-bond donors (Lipinski definition) is 1. The molecule has 0 aromatic heterocycles. The first-order valence-corrected chi connectivity index (χ1v) is 9.84. The second-order valence-electron chi connectivity index (χ2n) is 9.26. The predicted molar refractivity (Wildman–Crippen MR) is 101 cm³/mol. The second kappa shape index (κ2) is 7.93. The average Bonchev–Trinajstić information content (AvgIpc) is 3.01. The molecule has 1 aliphatic carbocycles. The molecule has 7 heteroatoms. The van der Waals surface area contributed by atoms with E-state index in [1.54, 1.807) is 6.07 Å². The van der Waals surface area contributed by atoms with Crippen LogP contribution >= 0.6 is 0 Å². The van der Waals surface area contributed by atoms with Crippen molar-refractivity contribution in [3.8, 4) is 5.75 Å². The first-order valence-electron chi connectivity index (χ1n) is 9.84. The molecule has 0 radical (unpaired) electrons. The lowest BCUT2D eigenvalue weighted by Crippen LogP contribution is -2.40. The van der Waals surface area contributed by atoms with Crippen LogP contribution in [0.4, 0.5) is 13.2 Å². The van der Waals surface area contributed by atoms with Crippen molar-refractivity contribution in [2.45, 2.75) is 40.0 Å². The molecule has 2 unspecified atom stereocenters. The highest BCUT2D eigenvalue weighted by Gasteiger charge is 2.54. The Balaban J connectivity index is 1.38. The maximum absolute atomic E-state index is 12.3. The molecule has 1 aromatic carbocycles. The van der Waals surface area contributed by atoms with Gasteiger partial charge in [0.25, 0.3) is 0 Å². The summed E-state index contributed by atoms with van der Waals surface area (Å²) in [5, 5.41) is 2.99. The summed E-state index contributed by atoms with van der Waals surface area (Å²) >= 11 is 0. The number of aryl methyl sites for hydroxylation is 1. The van der Waals surface area contributed by atoms with Gasteiger partial charge in [0.2, 0.25) is 5.91 Å². The van der Waals surface area contributed by atoms with Crippen molar-refractivity contribution in [1.29, 1.82) is 0 Å². The first kappa shape index (κ1) is 21.0. The molecule has 1 aromatic rings. The fourth-order valence-corrected chi connectivity index (χ4v) is 4.15. The molecular formula is C21H29F3N2O2. The summed E-state index contributed by atoms with van der Waals surface area (Å²) in [6, 6.07) is 6.23. The van der Waals surface area contributed by atoms with Gasteiger partial charge in [-0.05, 0) is 53.7 Å². The van der Waals surface area contributed by atoms with Gasteiger partial charge in [-0.25, -0.2) is 0 Å². The van der Waals surface area contributed by atoms with Gasteiger partial charge in [0.15, 0.2) is 0 Å². The normalized spacial score (nSPS) is 24.7. The zero-order valence-corrected chi connectivity index (χ0v) is 16.7. The number of halogens is 3. The Labute approximate surface area is 164 Å². The second-order valence-corrected chi connectivity index (χ2v) is 9.26. The van der Waals surface area contributed by atoms with Gasteiger partial charge in [-0.3, -0.25) is 9.69 Å². The number of alkyl halides is 3. The van der Waals surface area contributed by atoms with Gasteiger partial charge in [0.1, 0.15) is 5.75 Å². The predicted octanol–water partition coefficient (Wildman–Crippen LogP) is 3.86. The number of amides is 1. The number of benzene rings is 1. The molecule has 1 aliphatic heterocycles. The Morgan fingerprint density at radius 2 is 1.89 bits per heavy atom. The quantitative estimate of drug-likeness (QED) is 0.758. The molecule has 3 rings (SSSR count). The Bertz CT molecular complexity index is 688. The molecular weight excluding hydrogens is 369 g/mol. The minimum Gasteiger partial charge on any atom is -0.406 e. The number of ether oxygens (including phenoxy) is 1. The minimum atomic E-state index is -4.66. The average molecular weight is 398 g/mol. The maximum atomic E-state index is 12.3. The van der Waals surface area contributed by atoms with E-state index in [0.717, 1.165) is 31.5 Å². The van der Waals surface area contributed by atoms with Crippen LogP contribution in [0.5, 0.6) is 5.75 Å². The molecule has 1 amide bonds. The van der Waals surface area contributed by atoms with Gasteiger partial charge in [-0.15, -0.1) is 13.2 Å². The summed E-state index contributed by atoms with van der Waals surface area (Å²) in [7, 11) is 0. The summed E-state index contributed by atoms with van der Waals surface area (Å²) < 4.78 is 41.0. The fraction of sp³-hybridized carbons (Fsp3) is 0.667. The number of nitrogens with one attached hydrogen (secondary N) is 1. The van der Waals surface area contributed by atoms with Crippen LogP contribution in [0.2, 0.25) is 0 Å². The highest BCUT2D eigenvalue weighted by molar-refractivity contribution is 5.78. The largest absolute Gasteiger partial charge is 0.573 e. The van der Waals surface area contributed by atoms with E-state index in [9.17, 15) is 18.0 Å². The zero-order valence-electron chi connectivity index (χ0n) is 16.7. The van der Waals surface area contributed by atoms with Gasteiger partial charge >= 0.3 is 6.36 Å². The standard InChI is InChI=1S/C21H29F3N2O2/c1-20(2,3)13-25-19(27)12-26-10-17-16(18(17)11-26)8-7-14-5-4-6-15(9-14)28-21(22,23)24/h4-6,9,16-18H,7-8,10-13H2,1-3H3,(H,25,27). The van der Waals surface area contributed by atoms with E-state index >= 15 is 0 Å². The molecule has 1 saturated heterocycles. The third kappa shape index (κ3) is 6.12. The lowest BCUT2D eigenvalue weighted by atomic mass is 9.97. The molecule has 1 saturated carbocycles. The Morgan fingerprint density at radius 3 is 2.50 bits per heavy atom. The van der Waals surface area contributed by atoms with Crippen molar-refractivity contribution >= 4 is 5.91 Å². The number of nitrogens with zero attached hydrogens (tertiary/aromatic N) is 1. The van der Waals surface area contributed by atoms with Gasteiger partial charge in [-0.1, -0.05) is 32.9 Å². The molecule has 2 atom stereocenters. The molecule has 2 fully saturated rings. The van der Waals surface area contributed by atoms with Crippen LogP contribution in [0.1, 0.15) is 32.8 Å². The monoisotopic (exact) mass is 398 g/mol. The van der Waals surface area contributed by atoms with E-state index in [1.165, 1.54) is 12.1 Å². The molecule has 0 bridgehead atoms. The van der Waals surface area contributed by atoms with E-state index in [4.69, 9.17) is 0 Å². The van der Waals surface area contributed by atoms with Gasteiger partial charge in [0, 0.05) is 19.6 Å². The minimum absolute atomic E-state index is 0.0780. The number of carbonyl (C=O) groups is 1. The lowest BCUT2D eigenvalue weighted by Gasteiger charge is -2.22. The van der Waals surface area contributed by atoms with Crippen LogP contribution in [0.3, 0.4) is 0 Å². The SMILES string of the molecule is CC(C)(C)CNC(=O)CN1CC2C(CCc3cccc(OC(F)(F)F)c3)C2C1. The third-order valence-corrected chi connectivity index (χ3v) is 5.53. The topological polar surface area (TPSA) is 41.6 Å². The fourth-order valence-electron chi connectivity index (χ4n) is 4.15. The van der Waals surface area contributed by atoms with Crippen molar-refractivity contribution in [1.82, 2.24) is 10.2 Å². The van der Waals surface area contributed by atoms with Crippen LogP contribution < -0.4 is 10.1 Å². The molecule has 0 spiro atoms. The highest BCUT2D eigenvalue weighted by atomic mass is 19.4. The number of hydrogen-bond acceptors (Lipinski definition) is 3. The molecule has 1 N–H and O–H groups in total. The molecule has 4 nitrogen and oxygen atoms in total. The van der Waals surface area contributed by atoms with Crippen LogP contribution in [0.25, 0.3) is 0 Å². The summed E-state index contributed by atoms with van der Waals surface area (Å²) in [5.41, 5.74) is 0.946. The summed E-state index contributed by atoms with van der Waals surface area (Å²) in [6.45, 7) is 9.28. The van der Waals surface area contributed by atoms with Gasteiger partial charge < -0.3 is 10.1 Å². The summed E-state index contributed by atoms with van der Waals surface area (Å²) in [5.74, 6) is 1.76. The van der Waals surface area contributed by atoms with E-state index in [2.05, 4.69) is 35.7 Å². The summed E-state index contributed by atoms with van der Waals surface area (Å²) in [4.78, 5) is 14.3. The maximum Gasteiger partial charge on any atom is 0.573 e. The smallest absolute Gasteiger partial charge is 0.406 e. The first-order chi connectivity index (χ1) is 13.0. The van der Waals surface area contributed by atoms with Crippen LogP contribution in [0.15, 0.2) is 24.3 Å². The summed E-state index contributed by atoms with van der Waals surface area (Å²) in [6.07, 6.45) is -2.94. The Hall–Kier alpha value is -1.76. The van der Waals surface area contributed by atoms with Crippen molar-refractivity contribution < 1.29 is 22.7 Å². The van der Waals surface area contributed by atoms with Crippen LogP contribution in [-0.2, 0) is 11.2 Å². The van der Waals surface area contributed by atoms with Gasteiger partial charge in [-0.2, -0.15) is 0 Å². The van der Waals surface area contributed by atoms with Crippen molar-refractivity contribution in [3.05, 3.63) is 29.8 Å². The number of fused-ring (bicyclic) bond motifs is 1. The third-order valence-electron chi connectivity index (χ3n) is 5.53. The molecule has 2 aliphatic rings. The number of piperidine rings is 1. The van der Waals surface area contributed by atoms with E-state index in [1.807, 2.05) is 6.07 Å². The van der Waals surface area contributed by atoms with E-state index in [-0.39, 0.29) is 17.1 Å². The molecule has 1 heterocycles. The number of likely N-dealkylation sites (tertiary alicyclic amines) is 1. The lowest BCUT2D eigenvalue weighted by molar-refractivity contribution is -0.274. The van der Waals surface area contributed by atoms with E-state index in [0.29, 0.717) is 30.8 Å². The van der Waals surface area contributed by atoms with Gasteiger partial charge in [0.05, 0.1) is 6.54 Å². The Kier molecular flexibility index (Phi) is 5.94. The Morgan fingerprint density at radius 1 is 1.21 bits per heavy atom. The zero-order chi connectivity index (χ0) is 20.5. The van der Waals surface area contributed by atoms with Crippen LogP contribution in [0, 0.1) is 23.2 Å². The highest BCUT2D eigenvalue weighted by Crippen LogP contribution is 2.53. The van der Waals surface area contributed by atoms with Crippen molar-refractivity contribution in [2.75, 3.05) is 26.2 Å². The van der Waals surface area contributed by atoms with E-state index < -0.39 is 6.36 Å². The molecule has 156 valence electrons. The van der Waals surface area contributed by atoms with Crippen molar-refractivity contribution in [3.63, 3.8) is 0 Å². The molecule has 28 heavy (non-hydrogen) atoms. The van der Waals surface area contributed by atoms with Crippen molar-refractivity contribution in [2.24, 2.45) is 23.2 Å². The number of rotatable bonds is 7.